The second-order valence-corrected chi connectivity index (χ2v) is 5.19. The summed E-state index contributed by atoms with van der Waals surface area (Å²) in [6, 6.07) is 0. The molecule has 0 fully saturated rings. The lowest BCUT2D eigenvalue weighted by atomic mass is 10.1. The molecular formula is C11H9F7N8O2. The first-order chi connectivity index (χ1) is 12.7. The number of carbonyl (C=O) groups excluding carboxylic acids is 1. The Morgan fingerprint density at radius 1 is 1.18 bits per heavy atom. The molecule has 2 aromatic heterocycles. The zero-order chi connectivity index (χ0) is 21.5. The van der Waals surface area contributed by atoms with Crippen molar-refractivity contribution in [3.63, 3.8) is 0 Å². The van der Waals surface area contributed by atoms with Crippen LogP contribution in [0.4, 0.5) is 36.6 Å². The topological polar surface area (TPSA) is 137 Å². The molecule has 2 rings (SSSR count). The quantitative estimate of drug-likeness (QED) is 0.423. The first-order valence-electron chi connectivity index (χ1n) is 6.90. The number of amides is 1. The second kappa shape index (κ2) is 6.71. The summed E-state index contributed by atoms with van der Waals surface area (Å²) in [5.41, 5.74) is 6.05. The minimum absolute atomic E-state index is 0.0931. The number of anilines is 1. The summed E-state index contributed by atoms with van der Waals surface area (Å²) in [6.07, 6.45) is -6.66. The molecule has 0 aliphatic carbocycles. The fourth-order valence-electron chi connectivity index (χ4n) is 1.78. The van der Waals surface area contributed by atoms with E-state index in [1.807, 2.05) is 0 Å². The van der Waals surface area contributed by atoms with Gasteiger partial charge in [-0.25, -0.2) is 10.1 Å². The predicted molar refractivity (Wildman–Crippen MR) is 74.7 cm³/mol. The molecule has 0 radical (unpaired) electrons. The molecule has 154 valence electrons. The summed E-state index contributed by atoms with van der Waals surface area (Å²) in [7, 11) is 0. The minimum atomic E-state index is -6.66. The summed E-state index contributed by atoms with van der Waals surface area (Å²) in [5.74, 6) is -16.0. The van der Waals surface area contributed by atoms with Crippen LogP contribution in [0.25, 0.3) is 5.82 Å². The number of hydrogen-bond acceptors (Lipinski definition) is 8. The lowest BCUT2D eigenvalue weighted by Crippen LogP contribution is -2.58. The number of nitrogen functional groups attached to an aromatic ring is 1. The van der Waals surface area contributed by atoms with Crippen LogP contribution in [0, 0.1) is 6.92 Å². The van der Waals surface area contributed by atoms with Crippen molar-refractivity contribution in [3.8, 4) is 5.82 Å². The van der Waals surface area contributed by atoms with E-state index in [1.165, 1.54) is 6.92 Å². The van der Waals surface area contributed by atoms with Crippen LogP contribution in [-0.2, 0) is 4.79 Å². The van der Waals surface area contributed by atoms with E-state index >= 15 is 0 Å². The third-order valence-electron chi connectivity index (χ3n) is 3.29. The van der Waals surface area contributed by atoms with E-state index in [0.29, 0.717) is 0 Å². The molecule has 2 heterocycles. The van der Waals surface area contributed by atoms with Crippen molar-refractivity contribution in [2.45, 2.75) is 31.9 Å². The number of nitrogens with zero attached hydrogens (tertiary/aromatic N) is 6. The van der Waals surface area contributed by atoms with Crippen molar-refractivity contribution in [1.29, 1.82) is 0 Å². The Hall–Kier alpha value is -3.27. The van der Waals surface area contributed by atoms with Gasteiger partial charge in [0.1, 0.15) is 5.69 Å². The van der Waals surface area contributed by atoms with Gasteiger partial charge in [-0.05, 0) is 24.2 Å². The van der Waals surface area contributed by atoms with Gasteiger partial charge in [-0.1, -0.05) is 5.21 Å². The van der Waals surface area contributed by atoms with Gasteiger partial charge in [-0.2, -0.15) is 40.5 Å². The summed E-state index contributed by atoms with van der Waals surface area (Å²) in [5, 5.41) is 17.0. The molecule has 28 heavy (non-hydrogen) atoms. The molecule has 0 saturated carbocycles. The summed E-state index contributed by atoms with van der Waals surface area (Å²) in [4.78, 5) is 11.2. The van der Waals surface area contributed by atoms with Crippen molar-refractivity contribution < 1.29 is 40.2 Å². The highest BCUT2D eigenvalue weighted by molar-refractivity contribution is 5.98. The average Bonchev–Trinajstić information content (AvgIpc) is 3.16. The summed E-state index contributed by atoms with van der Waals surface area (Å²) in [6.45, 7) is 2.46. The first kappa shape index (κ1) is 21.0. The van der Waals surface area contributed by atoms with Gasteiger partial charge in [0, 0.05) is 0 Å². The van der Waals surface area contributed by atoms with Gasteiger partial charge in [0.2, 0.25) is 11.6 Å². The lowest BCUT2D eigenvalue weighted by molar-refractivity contribution is -0.344. The number of halogens is 7. The van der Waals surface area contributed by atoms with E-state index in [9.17, 15) is 35.5 Å². The Kier molecular flexibility index (Phi) is 5.04. The number of alkyl halides is 7. The number of nitrogens with one attached hydrogen (secondary N) is 1. The molecular weight excluding hydrogens is 409 g/mol. The molecule has 0 aliphatic rings. The molecule has 0 spiro atoms. The third-order valence-corrected chi connectivity index (χ3v) is 3.29. The Morgan fingerprint density at radius 2 is 1.79 bits per heavy atom. The van der Waals surface area contributed by atoms with Crippen LogP contribution < -0.4 is 11.2 Å². The highest BCUT2D eigenvalue weighted by Gasteiger charge is 2.76. The molecule has 0 aromatic carbocycles. The summed E-state index contributed by atoms with van der Waals surface area (Å²) >= 11 is 0. The number of nitrogens with two attached hydrogens (primary N) is 1. The van der Waals surface area contributed by atoms with E-state index in [0.717, 1.165) is 17.0 Å². The number of carbonyl (C=O) groups is 1. The van der Waals surface area contributed by atoms with Crippen LogP contribution in [0.1, 0.15) is 18.3 Å². The monoisotopic (exact) mass is 418 g/mol. The normalized spacial score (nSPS) is 13.7. The van der Waals surface area contributed by atoms with Crippen LogP contribution in [-0.4, -0.2) is 54.9 Å². The highest BCUT2D eigenvalue weighted by atomic mass is 19.4. The molecule has 2 aromatic rings. The predicted octanol–water partition coefficient (Wildman–Crippen LogP) is 1.21. The Balaban J connectivity index is 2.25. The molecule has 0 bridgehead atoms. The Bertz CT molecular complexity index is 916. The smallest absolute Gasteiger partial charge is 0.378 e. The van der Waals surface area contributed by atoms with Crippen LogP contribution >= 0.6 is 0 Å². The summed E-state index contributed by atoms with van der Waals surface area (Å²) < 4.78 is 93.7. The lowest BCUT2D eigenvalue weighted by Gasteiger charge is -2.26. The number of hydrazone groups is 1. The van der Waals surface area contributed by atoms with Crippen LogP contribution in [0.3, 0.4) is 0 Å². The van der Waals surface area contributed by atoms with E-state index in [1.54, 1.807) is 0 Å². The number of aromatic nitrogens is 5. The van der Waals surface area contributed by atoms with Gasteiger partial charge >= 0.3 is 23.9 Å². The molecule has 10 nitrogen and oxygen atoms in total. The van der Waals surface area contributed by atoms with Crippen LogP contribution in [0.5, 0.6) is 0 Å². The van der Waals surface area contributed by atoms with Crippen molar-refractivity contribution in [2.75, 3.05) is 5.73 Å². The van der Waals surface area contributed by atoms with Crippen molar-refractivity contribution >= 4 is 17.4 Å². The molecule has 3 N–H and O–H groups in total. The number of rotatable bonds is 5. The standard InChI is InChI=1S/C11H9F7N8O2/c1-3(5-4(2)26(25-21-5)7-6(19)23-28-24-7)20-22-8(27)9(12,13)10(14,15)11(16,17)18/h1-2H3,(H2,19,23)(H,22,27)/b20-3+. The second-order valence-electron chi connectivity index (χ2n) is 5.19. The Morgan fingerprint density at radius 3 is 2.29 bits per heavy atom. The van der Waals surface area contributed by atoms with Crippen LogP contribution in [0.15, 0.2) is 9.73 Å². The average molecular weight is 418 g/mol. The maximum atomic E-state index is 13.2. The van der Waals surface area contributed by atoms with Crippen LogP contribution in [0.2, 0.25) is 0 Å². The zero-order valence-electron chi connectivity index (χ0n) is 13.7. The third kappa shape index (κ3) is 3.33. The van der Waals surface area contributed by atoms with Crippen molar-refractivity contribution in [2.24, 2.45) is 5.10 Å². The van der Waals surface area contributed by atoms with Gasteiger partial charge in [0.05, 0.1) is 11.4 Å². The maximum absolute atomic E-state index is 13.2. The first-order valence-corrected chi connectivity index (χ1v) is 6.90. The molecule has 0 aliphatic heterocycles. The highest BCUT2D eigenvalue weighted by Crippen LogP contribution is 2.46. The molecule has 0 saturated heterocycles. The van der Waals surface area contributed by atoms with E-state index in [4.69, 9.17) is 5.73 Å². The Labute approximate surface area is 149 Å². The fraction of sp³-hybridized carbons (Fsp3) is 0.455. The zero-order valence-corrected chi connectivity index (χ0v) is 13.7. The van der Waals surface area contributed by atoms with E-state index in [-0.39, 0.29) is 28.7 Å². The van der Waals surface area contributed by atoms with E-state index < -0.39 is 23.9 Å². The molecule has 17 heteroatoms. The SMILES string of the molecule is C/C(=N\NC(=O)C(F)(F)C(F)(F)C(F)(F)F)c1nnn(-c2nonc2N)c1C. The van der Waals surface area contributed by atoms with Gasteiger partial charge < -0.3 is 5.73 Å². The van der Waals surface area contributed by atoms with Gasteiger partial charge in [-0.15, -0.1) is 5.10 Å². The molecule has 1 amide bonds. The number of hydrogen-bond donors (Lipinski definition) is 2. The van der Waals surface area contributed by atoms with Gasteiger partial charge in [0.15, 0.2) is 0 Å². The van der Waals surface area contributed by atoms with Gasteiger partial charge in [-0.3, -0.25) is 4.79 Å². The fourth-order valence-corrected chi connectivity index (χ4v) is 1.78. The minimum Gasteiger partial charge on any atom is -0.378 e. The molecule has 0 unspecified atom stereocenters. The van der Waals surface area contributed by atoms with E-state index in [2.05, 4.69) is 30.4 Å². The van der Waals surface area contributed by atoms with Crippen molar-refractivity contribution in [3.05, 3.63) is 11.4 Å². The molecule has 0 atom stereocenters. The maximum Gasteiger partial charge on any atom is 0.460 e. The van der Waals surface area contributed by atoms with Gasteiger partial charge in [0.25, 0.3) is 0 Å². The van der Waals surface area contributed by atoms with Crippen molar-refractivity contribution in [1.82, 2.24) is 30.7 Å². The largest absolute Gasteiger partial charge is 0.460 e.